The van der Waals surface area contributed by atoms with Gasteiger partial charge < -0.3 is 15.2 Å². The van der Waals surface area contributed by atoms with Crippen molar-refractivity contribution in [2.75, 3.05) is 5.75 Å². The highest BCUT2D eigenvalue weighted by Crippen LogP contribution is 2.26. The van der Waals surface area contributed by atoms with Gasteiger partial charge in [-0.25, -0.2) is 0 Å². The standard InChI is InChI=1S/C24H35N5O2S/c1-15(2)21(26-23(31)18-11-8-9-16(3)13-18)22-27-28-24(29(22)5)32-14-20(30)25-19-12-7-6-10-17(19)4/h8-9,11,13,15,17,19,21H,6-7,10,12,14H2,1-5H3,(H,25,30)(H,26,31)/t17-,19-,21-/m0/s1. The molecule has 8 heteroatoms. The van der Waals surface area contributed by atoms with E-state index in [1.54, 1.807) is 0 Å². The molecule has 1 heterocycles. The Hall–Kier alpha value is -2.35. The molecule has 1 aliphatic carbocycles. The zero-order chi connectivity index (χ0) is 23.3. The number of amides is 2. The molecule has 0 radical (unpaired) electrons. The van der Waals surface area contributed by atoms with Gasteiger partial charge in [0, 0.05) is 18.7 Å². The van der Waals surface area contributed by atoms with Crippen LogP contribution in [0.2, 0.25) is 0 Å². The number of nitrogens with one attached hydrogen (secondary N) is 2. The fourth-order valence-corrected chi connectivity index (χ4v) is 4.90. The van der Waals surface area contributed by atoms with Gasteiger partial charge in [-0.05, 0) is 43.7 Å². The number of aromatic nitrogens is 3. The minimum absolute atomic E-state index is 0.0338. The summed E-state index contributed by atoms with van der Waals surface area (Å²) in [5.41, 5.74) is 1.66. The predicted octanol–water partition coefficient (Wildman–Crippen LogP) is 4.04. The van der Waals surface area contributed by atoms with Crippen LogP contribution < -0.4 is 10.6 Å². The molecule has 1 saturated carbocycles. The third kappa shape index (κ3) is 6.12. The van der Waals surface area contributed by atoms with Crippen LogP contribution in [0.3, 0.4) is 0 Å². The fourth-order valence-electron chi connectivity index (χ4n) is 4.17. The zero-order valence-corrected chi connectivity index (χ0v) is 20.5. The smallest absolute Gasteiger partial charge is 0.251 e. The van der Waals surface area contributed by atoms with Gasteiger partial charge in [0.05, 0.1) is 11.8 Å². The van der Waals surface area contributed by atoms with Crippen molar-refractivity contribution in [3.63, 3.8) is 0 Å². The van der Waals surface area contributed by atoms with Crippen molar-refractivity contribution in [3.8, 4) is 0 Å². The quantitative estimate of drug-likeness (QED) is 0.584. The molecule has 2 amide bonds. The Morgan fingerprint density at radius 1 is 1.22 bits per heavy atom. The average Bonchev–Trinajstić information content (AvgIpc) is 3.11. The van der Waals surface area contributed by atoms with E-state index in [1.807, 2.05) is 56.7 Å². The average molecular weight is 458 g/mol. The molecule has 3 rings (SSSR count). The number of hydrogen-bond acceptors (Lipinski definition) is 5. The molecule has 174 valence electrons. The van der Waals surface area contributed by atoms with Crippen molar-refractivity contribution in [1.29, 1.82) is 0 Å². The summed E-state index contributed by atoms with van der Waals surface area (Å²) >= 11 is 1.38. The molecule has 0 saturated heterocycles. The molecule has 3 atom stereocenters. The van der Waals surface area contributed by atoms with Crippen LogP contribution in [0.25, 0.3) is 0 Å². The lowest BCUT2D eigenvalue weighted by molar-refractivity contribution is -0.119. The molecule has 2 aromatic rings. The summed E-state index contributed by atoms with van der Waals surface area (Å²) in [6.45, 7) is 8.26. The zero-order valence-electron chi connectivity index (χ0n) is 19.7. The van der Waals surface area contributed by atoms with E-state index in [0.29, 0.717) is 28.2 Å². The van der Waals surface area contributed by atoms with Gasteiger partial charge in [0.1, 0.15) is 0 Å². The van der Waals surface area contributed by atoms with Crippen LogP contribution in [0.15, 0.2) is 29.4 Å². The third-order valence-electron chi connectivity index (χ3n) is 6.17. The van der Waals surface area contributed by atoms with Gasteiger partial charge in [0.25, 0.3) is 5.91 Å². The van der Waals surface area contributed by atoms with Crippen molar-refractivity contribution in [2.24, 2.45) is 18.9 Å². The number of aryl methyl sites for hydroxylation is 1. The predicted molar refractivity (Wildman–Crippen MR) is 128 cm³/mol. The highest BCUT2D eigenvalue weighted by molar-refractivity contribution is 7.99. The lowest BCUT2D eigenvalue weighted by Crippen LogP contribution is -2.41. The number of benzene rings is 1. The highest BCUT2D eigenvalue weighted by Gasteiger charge is 2.26. The van der Waals surface area contributed by atoms with Crippen molar-refractivity contribution < 1.29 is 9.59 Å². The summed E-state index contributed by atoms with van der Waals surface area (Å²) < 4.78 is 1.88. The van der Waals surface area contributed by atoms with Crippen LogP contribution in [0.1, 0.15) is 74.2 Å². The van der Waals surface area contributed by atoms with E-state index in [-0.39, 0.29) is 29.8 Å². The maximum absolute atomic E-state index is 12.8. The first-order chi connectivity index (χ1) is 15.3. The largest absolute Gasteiger partial charge is 0.352 e. The second kappa shape index (κ2) is 11.0. The topological polar surface area (TPSA) is 88.9 Å². The maximum Gasteiger partial charge on any atom is 0.251 e. The molecule has 1 aromatic heterocycles. The Bertz CT molecular complexity index is 942. The molecule has 1 aliphatic rings. The van der Waals surface area contributed by atoms with Crippen LogP contribution in [-0.4, -0.2) is 38.4 Å². The molecule has 7 nitrogen and oxygen atoms in total. The first kappa shape index (κ1) is 24.3. The lowest BCUT2D eigenvalue weighted by Gasteiger charge is -2.29. The fraction of sp³-hybridized carbons (Fsp3) is 0.583. The van der Waals surface area contributed by atoms with Gasteiger partial charge in [-0.2, -0.15) is 0 Å². The minimum atomic E-state index is -0.285. The van der Waals surface area contributed by atoms with E-state index in [4.69, 9.17) is 0 Å². The molecular formula is C24H35N5O2S. The van der Waals surface area contributed by atoms with Crippen molar-refractivity contribution in [2.45, 2.75) is 70.6 Å². The molecule has 1 aromatic carbocycles. The monoisotopic (exact) mass is 457 g/mol. The van der Waals surface area contributed by atoms with E-state index in [1.165, 1.54) is 31.0 Å². The first-order valence-corrected chi connectivity index (χ1v) is 12.4. The van der Waals surface area contributed by atoms with Gasteiger partial charge in [0.2, 0.25) is 5.91 Å². The summed E-state index contributed by atoms with van der Waals surface area (Å²) in [4.78, 5) is 25.3. The van der Waals surface area contributed by atoms with Gasteiger partial charge in [-0.1, -0.05) is 63.1 Å². The molecule has 1 fully saturated rings. The lowest BCUT2D eigenvalue weighted by atomic mass is 9.86. The molecule has 0 unspecified atom stereocenters. The number of nitrogens with zero attached hydrogens (tertiary/aromatic N) is 3. The Labute approximate surface area is 195 Å². The molecule has 2 N–H and O–H groups in total. The Morgan fingerprint density at radius 2 is 1.97 bits per heavy atom. The summed E-state index contributed by atoms with van der Waals surface area (Å²) in [5.74, 6) is 1.54. The van der Waals surface area contributed by atoms with E-state index < -0.39 is 0 Å². The van der Waals surface area contributed by atoms with Gasteiger partial charge >= 0.3 is 0 Å². The van der Waals surface area contributed by atoms with E-state index >= 15 is 0 Å². The molecule has 0 bridgehead atoms. The number of thioether (sulfide) groups is 1. The maximum atomic E-state index is 12.8. The van der Waals surface area contributed by atoms with Gasteiger partial charge in [0.15, 0.2) is 11.0 Å². The molecule has 32 heavy (non-hydrogen) atoms. The summed E-state index contributed by atoms with van der Waals surface area (Å²) in [6.07, 6.45) is 4.67. The SMILES string of the molecule is Cc1cccc(C(=O)N[C@H](c2nnc(SCC(=O)N[C@H]3CCCC[C@@H]3C)n2C)C(C)C)c1. The second-order valence-corrected chi connectivity index (χ2v) is 10.1. The Morgan fingerprint density at radius 3 is 2.66 bits per heavy atom. The summed E-state index contributed by atoms with van der Waals surface area (Å²) in [5, 5.41) is 15.6. The van der Waals surface area contributed by atoms with Crippen LogP contribution >= 0.6 is 11.8 Å². The Kier molecular flexibility index (Phi) is 8.34. The van der Waals surface area contributed by atoms with Crippen LogP contribution in [-0.2, 0) is 11.8 Å². The second-order valence-electron chi connectivity index (χ2n) is 9.19. The number of carbonyl (C=O) groups is 2. The number of hydrogen-bond donors (Lipinski definition) is 2. The summed E-state index contributed by atoms with van der Waals surface area (Å²) in [6, 6.07) is 7.51. The van der Waals surface area contributed by atoms with Gasteiger partial charge in [-0.3, -0.25) is 9.59 Å². The van der Waals surface area contributed by atoms with Crippen molar-refractivity contribution >= 4 is 23.6 Å². The van der Waals surface area contributed by atoms with Crippen molar-refractivity contribution in [1.82, 2.24) is 25.4 Å². The van der Waals surface area contributed by atoms with E-state index in [2.05, 4.69) is 27.8 Å². The van der Waals surface area contributed by atoms with Gasteiger partial charge in [-0.15, -0.1) is 10.2 Å². The van der Waals surface area contributed by atoms with Crippen LogP contribution in [0.4, 0.5) is 0 Å². The Balaban J connectivity index is 1.63. The molecule has 0 aliphatic heterocycles. The number of carbonyl (C=O) groups excluding carboxylic acids is 2. The highest BCUT2D eigenvalue weighted by atomic mass is 32.2. The van der Waals surface area contributed by atoms with Crippen LogP contribution in [0.5, 0.6) is 0 Å². The summed E-state index contributed by atoms with van der Waals surface area (Å²) in [7, 11) is 1.88. The minimum Gasteiger partial charge on any atom is -0.352 e. The first-order valence-electron chi connectivity index (χ1n) is 11.4. The van der Waals surface area contributed by atoms with Crippen LogP contribution in [0, 0.1) is 18.8 Å². The third-order valence-corrected chi connectivity index (χ3v) is 7.19. The van der Waals surface area contributed by atoms with Crippen molar-refractivity contribution in [3.05, 3.63) is 41.2 Å². The van der Waals surface area contributed by atoms with E-state index in [9.17, 15) is 9.59 Å². The molecular weight excluding hydrogens is 422 g/mol. The number of rotatable bonds is 8. The van der Waals surface area contributed by atoms with E-state index in [0.717, 1.165) is 12.0 Å². The normalized spacial score (nSPS) is 19.6. The molecule has 0 spiro atoms.